The van der Waals surface area contributed by atoms with Crippen LogP contribution >= 0.6 is 0 Å². The standard InChI is InChI=1S/C18H16N2O7/c1-26-15-9-13(18(22)23)14(10-16(15)27-2)19-17(21)8-5-11-3-6-12(7-4-11)20(24)25/h3-10H,1-2H3,(H,19,21)(H,22,23). The smallest absolute Gasteiger partial charge is 0.337 e. The lowest BCUT2D eigenvalue weighted by atomic mass is 10.1. The van der Waals surface area contributed by atoms with Crippen LogP contribution < -0.4 is 14.8 Å². The van der Waals surface area contributed by atoms with E-state index in [1.807, 2.05) is 0 Å². The summed E-state index contributed by atoms with van der Waals surface area (Å²) in [6.45, 7) is 0. The molecular weight excluding hydrogens is 356 g/mol. The maximum absolute atomic E-state index is 12.1. The highest BCUT2D eigenvalue weighted by atomic mass is 16.6. The van der Waals surface area contributed by atoms with Crippen molar-refractivity contribution in [1.29, 1.82) is 0 Å². The maximum Gasteiger partial charge on any atom is 0.337 e. The number of nitro groups is 1. The van der Waals surface area contributed by atoms with E-state index in [1.54, 1.807) is 0 Å². The average molecular weight is 372 g/mol. The number of ether oxygens (including phenoxy) is 2. The molecule has 0 atom stereocenters. The van der Waals surface area contributed by atoms with Crippen LogP contribution in [0.5, 0.6) is 11.5 Å². The molecule has 0 aromatic heterocycles. The Bertz CT molecular complexity index is 905. The summed E-state index contributed by atoms with van der Waals surface area (Å²) in [5, 5.41) is 22.4. The van der Waals surface area contributed by atoms with Gasteiger partial charge in [-0.3, -0.25) is 14.9 Å². The summed E-state index contributed by atoms with van der Waals surface area (Å²) in [5.41, 5.74) is 0.387. The first-order valence-electron chi connectivity index (χ1n) is 7.58. The largest absolute Gasteiger partial charge is 0.493 e. The Labute approximate surface area is 154 Å². The van der Waals surface area contributed by atoms with Crippen LogP contribution in [0.3, 0.4) is 0 Å². The summed E-state index contributed by atoms with van der Waals surface area (Å²) in [5.74, 6) is -1.35. The number of amides is 1. The van der Waals surface area contributed by atoms with Crippen molar-refractivity contribution in [3.8, 4) is 11.5 Å². The first-order chi connectivity index (χ1) is 12.8. The van der Waals surface area contributed by atoms with Crippen LogP contribution in [0.4, 0.5) is 11.4 Å². The Balaban J connectivity index is 2.21. The van der Waals surface area contributed by atoms with E-state index in [1.165, 1.54) is 62.8 Å². The highest BCUT2D eigenvalue weighted by Gasteiger charge is 2.17. The zero-order valence-electron chi connectivity index (χ0n) is 14.5. The Morgan fingerprint density at radius 2 is 1.70 bits per heavy atom. The van der Waals surface area contributed by atoms with Crippen LogP contribution in [0, 0.1) is 10.1 Å². The molecule has 0 heterocycles. The van der Waals surface area contributed by atoms with E-state index in [-0.39, 0.29) is 28.4 Å². The molecule has 0 bridgehead atoms. The molecule has 0 unspecified atom stereocenters. The van der Waals surface area contributed by atoms with Gasteiger partial charge >= 0.3 is 5.97 Å². The van der Waals surface area contributed by atoms with Crippen LogP contribution in [-0.4, -0.2) is 36.1 Å². The second-order valence-electron chi connectivity index (χ2n) is 5.23. The molecular formula is C18H16N2O7. The fraction of sp³-hybridized carbons (Fsp3) is 0.111. The predicted molar refractivity (Wildman–Crippen MR) is 97.3 cm³/mol. The van der Waals surface area contributed by atoms with Gasteiger partial charge in [0.2, 0.25) is 5.91 Å². The van der Waals surface area contributed by atoms with E-state index < -0.39 is 16.8 Å². The number of non-ortho nitro benzene ring substituents is 1. The molecule has 2 aromatic rings. The van der Waals surface area contributed by atoms with Gasteiger partial charge in [-0.2, -0.15) is 0 Å². The number of aromatic carboxylic acids is 1. The molecule has 2 rings (SSSR count). The van der Waals surface area contributed by atoms with Gasteiger partial charge in [0, 0.05) is 30.3 Å². The van der Waals surface area contributed by atoms with Gasteiger partial charge in [0.25, 0.3) is 5.69 Å². The predicted octanol–water partition coefficient (Wildman–Crippen LogP) is 2.96. The summed E-state index contributed by atoms with van der Waals surface area (Å²) in [7, 11) is 2.76. The molecule has 1 amide bonds. The number of benzene rings is 2. The number of anilines is 1. The van der Waals surface area contributed by atoms with Gasteiger partial charge in [0.15, 0.2) is 11.5 Å². The summed E-state index contributed by atoms with van der Waals surface area (Å²) in [6, 6.07) is 8.20. The van der Waals surface area contributed by atoms with E-state index in [0.29, 0.717) is 5.56 Å². The SMILES string of the molecule is COc1cc(NC(=O)C=Cc2ccc([N+](=O)[O-])cc2)c(C(=O)O)cc1OC. The number of methoxy groups -OCH3 is 2. The lowest BCUT2D eigenvalue weighted by Crippen LogP contribution is -2.12. The number of hydrogen-bond acceptors (Lipinski definition) is 6. The van der Waals surface area contributed by atoms with Crippen molar-refractivity contribution >= 4 is 29.3 Å². The van der Waals surface area contributed by atoms with E-state index in [9.17, 15) is 24.8 Å². The lowest BCUT2D eigenvalue weighted by Gasteiger charge is -2.13. The second kappa shape index (κ2) is 8.48. The summed E-state index contributed by atoms with van der Waals surface area (Å²) >= 11 is 0. The van der Waals surface area contributed by atoms with Gasteiger partial charge in [-0.25, -0.2) is 4.79 Å². The number of carboxylic acid groups (broad SMARTS) is 1. The van der Waals surface area contributed by atoms with E-state index in [2.05, 4.69) is 5.32 Å². The topological polar surface area (TPSA) is 128 Å². The molecule has 0 spiro atoms. The van der Waals surface area contributed by atoms with Crippen molar-refractivity contribution in [2.75, 3.05) is 19.5 Å². The van der Waals surface area contributed by atoms with Crippen LogP contribution in [0.2, 0.25) is 0 Å². The van der Waals surface area contributed by atoms with Crippen molar-refractivity contribution in [3.05, 3.63) is 63.7 Å². The number of carboxylic acids is 1. The molecule has 0 saturated carbocycles. The number of nitrogens with zero attached hydrogens (tertiary/aromatic N) is 1. The third-order valence-electron chi connectivity index (χ3n) is 3.54. The molecule has 0 aliphatic carbocycles. The van der Waals surface area contributed by atoms with Crippen LogP contribution in [0.25, 0.3) is 6.08 Å². The second-order valence-corrected chi connectivity index (χ2v) is 5.23. The Hall–Kier alpha value is -3.88. The van der Waals surface area contributed by atoms with E-state index in [0.717, 1.165) is 0 Å². The number of nitrogens with one attached hydrogen (secondary N) is 1. The lowest BCUT2D eigenvalue weighted by molar-refractivity contribution is -0.384. The minimum atomic E-state index is -1.24. The molecule has 2 aromatic carbocycles. The third-order valence-corrected chi connectivity index (χ3v) is 3.54. The molecule has 2 N–H and O–H groups in total. The average Bonchev–Trinajstić information content (AvgIpc) is 2.66. The number of nitro benzene ring substituents is 1. The normalized spacial score (nSPS) is 10.4. The van der Waals surface area contributed by atoms with Crippen molar-refractivity contribution in [2.24, 2.45) is 0 Å². The molecule has 140 valence electrons. The van der Waals surface area contributed by atoms with Crippen molar-refractivity contribution in [2.45, 2.75) is 0 Å². The summed E-state index contributed by atoms with van der Waals surface area (Å²) in [4.78, 5) is 33.6. The first-order valence-corrected chi connectivity index (χ1v) is 7.58. The highest BCUT2D eigenvalue weighted by molar-refractivity contribution is 6.06. The zero-order valence-corrected chi connectivity index (χ0v) is 14.5. The fourth-order valence-corrected chi connectivity index (χ4v) is 2.21. The summed E-state index contributed by atoms with van der Waals surface area (Å²) in [6.07, 6.45) is 2.63. The van der Waals surface area contributed by atoms with E-state index >= 15 is 0 Å². The monoisotopic (exact) mass is 372 g/mol. The molecule has 9 heteroatoms. The van der Waals surface area contributed by atoms with E-state index in [4.69, 9.17) is 9.47 Å². The Kier molecular flexibility index (Phi) is 6.10. The fourth-order valence-electron chi connectivity index (χ4n) is 2.21. The van der Waals surface area contributed by atoms with Crippen molar-refractivity contribution < 1.29 is 29.1 Å². The number of hydrogen-bond donors (Lipinski definition) is 2. The van der Waals surface area contributed by atoms with Crippen molar-refractivity contribution in [3.63, 3.8) is 0 Å². The van der Waals surface area contributed by atoms with Gasteiger partial charge in [0.05, 0.1) is 30.4 Å². The third kappa shape index (κ3) is 4.82. The maximum atomic E-state index is 12.1. The van der Waals surface area contributed by atoms with Crippen LogP contribution in [0.15, 0.2) is 42.5 Å². The first kappa shape index (κ1) is 19.4. The molecule has 0 aliphatic heterocycles. The van der Waals surface area contributed by atoms with Gasteiger partial charge in [-0.05, 0) is 23.8 Å². The van der Waals surface area contributed by atoms with Gasteiger partial charge in [0.1, 0.15) is 0 Å². The Morgan fingerprint density at radius 1 is 1.11 bits per heavy atom. The van der Waals surface area contributed by atoms with Gasteiger partial charge in [-0.15, -0.1) is 0 Å². The van der Waals surface area contributed by atoms with Gasteiger partial charge in [-0.1, -0.05) is 0 Å². The van der Waals surface area contributed by atoms with Crippen LogP contribution in [0.1, 0.15) is 15.9 Å². The zero-order chi connectivity index (χ0) is 20.0. The Morgan fingerprint density at radius 3 is 2.22 bits per heavy atom. The summed E-state index contributed by atoms with van der Waals surface area (Å²) < 4.78 is 10.2. The molecule has 0 aliphatic rings. The quantitative estimate of drug-likeness (QED) is 0.434. The number of rotatable bonds is 7. The molecule has 0 saturated heterocycles. The molecule has 0 radical (unpaired) electrons. The minimum absolute atomic E-state index is 0.0403. The minimum Gasteiger partial charge on any atom is -0.493 e. The molecule has 27 heavy (non-hydrogen) atoms. The van der Waals surface area contributed by atoms with Crippen molar-refractivity contribution in [1.82, 2.24) is 0 Å². The molecule has 9 nitrogen and oxygen atoms in total. The number of carbonyl (C=O) groups is 2. The highest BCUT2D eigenvalue weighted by Crippen LogP contribution is 2.33. The number of carbonyl (C=O) groups excluding carboxylic acids is 1. The molecule has 0 fully saturated rings. The van der Waals surface area contributed by atoms with Gasteiger partial charge < -0.3 is 19.9 Å². The van der Waals surface area contributed by atoms with Crippen LogP contribution in [-0.2, 0) is 4.79 Å².